The first-order valence-electron chi connectivity index (χ1n) is 11.4. The molecular formula is C30H33F. The lowest BCUT2D eigenvalue weighted by atomic mass is 9.98. The average molecular weight is 413 g/mol. The van der Waals surface area contributed by atoms with E-state index >= 15 is 0 Å². The molecule has 0 saturated heterocycles. The molecule has 1 heteroatoms. The molecule has 0 aliphatic rings. The Morgan fingerprint density at radius 1 is 0.581 bits per heavy atom. The summed E-state index contributed by atoms with van der Waals surface area (Å²) in [7, 11) is 0. The minimum atomic E-state index is -0.111. The van der Waals surface area contributed by atoms with E-state index in [-0.39, 0.29) is 5.82 Å². The molecule has 0 fully saturated rings. The summed E-state index contributed by atoms with van der Waals surface area (Å²) in [6.45, 7) is 4.06. The van der Waals surface area contributed by atoms with Gasteiger partial charge in [-0.15, -0.1) is 0 Å². The molecule has 0 aliphatic heterocycles. The third kappa shape index (κ3) is 7.07. The number of rotatable bonds is 10. The first kappa shape index (κ1) is 22.7. The number of hydrogen-bond acceptors (Lipinski definition) is 0. The van der Waals surface area contributed by atoms with Crippen molar-refractivity contribution in [3.05, 3.63) is 119 Å². The van der Waals surface area contributed by atoms with Crippen LogP contribution < -0.4 is 0 Å². The van der Waals surface area contributed by atoms with E-state index < -0.39 is 0 Å². The van der Waals surface area contributed by atoms with Gasteiger partial charge in [-0.2, -0.15) is 0 Å². The Kier molecular flexibility index (Phi) is 8.84. The number of hydrogen-bond donors (Lipinski definition) is 0. The summed E-state index contributed by atoms with van der Waals surface area (Å²) in [4.78, 5) is 0. The largest absolute Gasteiger partial charge is 0.207 e. The molecule has 0 N–H and O–H groups in total. The molecule has 3 aromatic rings. The second-order valence-electron chi connectivity index (χ2n) is 8.04. The van der Waals surface area contributed by atoms with E-state index in [9.17, 15) is 4.39 Å². The highest BCUT2D eigenvalue weighted by Crippen LogP contribution is 2.24. The van der Waals surface area contributed by atoms with Crippen molar-refractivity contribution in [1.82, 2.24) is 0 Å². The van der Waals surface area contributed by atoms with E-state index in [0.29, 0.717) is 0 Å². The van der Waals surface area contributed by atoms with Crippen molar-refractivity contribution in [2.45, 2.75) is 52.4 Å². The zero-order valence-corrected chi connectivity index (χ0v) is 18.8. The predicted molar refractivity (Wildman–Crippen MR) is 132 cm³/mol. The summed E-state index contributed by atoms with van der Waals surface area (Å²) in [5.41, 5.74) is 6.86. The van der Waals surface area contributed by atoms with Gasteiger partial charge in [0.05, 0.1) is 0 Å². The molecule has 31 heavy (non-hydrogen) atoms. The van der Waals surface area contributed by atoms with Gasteiger partial charge in [0.25, 0.3) is 0 Å². The Hall–Kier alpha value is -2.93. The molecular weight excluding hydrogens is 379 g/mol. The number of aryl methyl sites for hydroxylation is 4. The van der Waals surface area contributed by atoms with Crippen LogP contribution in [-0.4, -0.2) is 0 Å². The number of benzene rings is 3. The van der Waals surface area contributed by atoms with Crippen molar-refractivity contribution in [2.75, 3.05) is 0 Å². The van der Waals surface area contributed by atoms with E-state index in [1.54, 1.807) is 6.07 Å². The minimum absolute atomic E-state index is 0.111. The van der Waals surface area contributed by atoms with Crippen LogP contribution >= 0.6 is 0 Å². The maximum atomic E-state index is 14.4. The van der Waals surface area contributed by atoms with Crippen LogP contribution in [0.1, 0.15) is 48.9 Å². The molecule has 0 heterocycles. The molecule has 0 spiro atoms. The van der Waals surface area contributed by atoms with Crippen LogP contribution in [0.25, 0.3) is 11.1 Å². The fourth-order valence-corrected chi connectivity index (χ4v) is 3.78. The molecule has 3 rings (SSSR count). The first-order valence-corrected chi connectivity index (χ1v) is 11.4. The number of halogens is 1. The van der Waals surface area contributed by atoms with Crippen molar-refractivity contribution in [1.29, 1.82) is 0 Å². The maximum Gasteiger partial charge on any atom is 0.127 e. The van der Waals surface area contributed by atoms with Crippen LogP contribution in [-0.2, 0) is 25.7 Å². The van der Waals surface area contributed by atoms with Gasteiger partial charge in [0.2, 0.25) is 0 Å². The van der Waals surface area contributed by atoms with Crippen molar-refractivity contribution in [2.24, 2.45) is 0 Å². The molecule has 0 nitrogen and oxygen atoms in total. The van der Waals surface area contributed by atoms with E-state index in [2.05, 4.69) is 73.7 Å². The van der Waals surface area contributed by atoms with Crippen LogP contribution in [0.5, 0.6) is 0 Å². The molecule has 0 unspecified atom stereocenters. The Labute approximate surface area is 187 Å². The summed E-state index contributed by atoms with van der Waals surface area (Å²) in [6.07, 6.45) is 14.3. The Balaban J connectivity index is 1.56. The summed E-state index contributed by atoms with van der Waals surface area (Å²) in [6, 6.07) is 23.2. The van der Waals surface area contributed by atoms with Gasteiger partial charge in [-0.1, -0.05) is 85.0 Å². The molecule has 0 atom stereocenters. The van der Waals surface area contributed by atoms with Gasteiger partial charge >= 0.3 is 0 Å². The molecule has 0 aliphatic carbocycles. The van der Waals surface area contributed by atoms with Crippen LogP contribution in [0.15, 0.2) is 91.0 Å². The topological polar surface area (TPSA) is 0 Å². The molecule has 0 bridgehead atoms. The van der Waals surface area contributed by atoms with Crippen molar-refractivity contribution in [3.8, 4) is 11.1 Å². The highest BCUT2D eigenvalue weighted by Gasteiger charge is 2.05. The molecule has 0 aromatic heterocycles. The third-order valence-electron chi connectivity index (χ3n) is 5.72. The lowest BCUT2D eigenvalue weighted by molar-refractivity contribution is 0.610. The third-order valence-corrected chi connectivity index (χ3v) is 5.72. The summed E-state index contributed by atoms with van der Waals surface area (Å²) in [5.74, 6) is -0.111. The number of allylic oxidation sites excluding steroid dienone is 4. The van der Waals surface area contributed by atoms with Crippen LogP contribution in [0, 0.1) is 5.82 Å². The molecule has 0 amide bonds. The molecule has 0 saturated carbocycles. The summed E-state index contributed by atoms with van der Waals surface area (Å²) in [5, 5.41) is 0. The second-order valence-corrected chi connectivity index (χ2v) is 8.04. The Morgan fingerprint density at radius 3 is 1.61 bits per heavy atom. The van der Waals surface area contributed by atoms with Crippen LogP contribution in [0.2, 0.25) is 0 Å². The summed E-state index contributed by atoms with van der Waals surface area (Å²) < 4.78 is 14.4. The lowest BCUT2D eigenvalue weighted by Crippen LogP contribution is -1.93. The average Bonchev–Trinajstić information content (AvgIpc) is 2.80. The second kappa shape index (κ2) is 12.1. The summed E-state index contributed by atoms with van der Waals surface area (Å²) >= 11 is 0. The van der Waals surface area contributed by atoms with E-state index in [0.717, 1.165) is 55.2 Å². The van der Waals surface area contributed by atoms with Gasteiger partial charge < -0.3 is 0 Å². The normalized spacial score (nSPS) is 11.6. The Morgan fingerprint density at radius 2 is 1.06 bits per heavy atom. The molecule has 0 radical (unpaired) electrons. The SMILES string of the molecule is C/C=C/CCc1ccc(CCc2ccc(-c3ccc(CC/C=C/C)c(F)c3)cc2)cc1. The van der Waals surface area contributed by atoms with Gasteiger partial charge in [0, 0.05) is 0 Å². The zero-order chi connectivity index (χ0) is 21.9. The van der Waals surface area contributed by atoms with E-state index in [4.69, 9.17) is 0 Å². The monoisotopic (exact) mass is 412 g/mol. The quantitative estimate of drug-likeness (QED) is 0.294. The van der Waals surface area contributed by atoms with Crippen molar-refractivity contribution < 1.29 is 4.39 Å². The smallest absolute Gasteiger partial charge is 0.127 e. The van der Waals surface area contributed by atoms with Crippen molar-refractivity contribution >= 4 is 0 Å². The van der Waals surface area contributed by atoms with Crippen LogP contribution in [0.3, 0.4) is 0 Å². The maximum absolute atomic E-state index is 14.4. The molecule has 160 valence electrons. The highest BCUT2D eigenvalue weighted by molar-refractivity contribution is 5.64. The van der Waals surface area contributed by atoms with Gasteiger partial charge in [-0.3, -0.25) is 0 Å². The fourth-order valence-electron chi connectivity index (χ4n) is 3.78. The lowest BCUT2D eigenvalue weighted by Gasteiger charge is -2.08. The fraction of sp³-hybridized carbons (Fsp3) is 0.267. The van der Waals surface area contributed by atoms with Gasteiger partial charge in [0.1, 0.15) is 5.82 Å². The minimum Gasteiger partial charge on any atom is -0.207 e. The van der Waals surface area contributed by atoms with Crippen molar-refractivity contribution in [3.63, 3.8) is 0 Å². The van der Waals surface area contributed by atoms with Gasteiger partial charge in [-0.05, 0) is 91.8 Å². The Bertz CT molecular complexity index is 992. The van der Waals surface area contributed by atoms with Crippen LogP contribution in [0.4, 0.5) is 4.39 Å². The first-order chi connectivity index (χ1) is 15.2. The molecule has 3 aromatic carbocycles. The zero-order valence-electron chi connectivity index (χ0n) is 18.8. The van der Waals surface area contributed by atoms with Gasteiger partial charge in [0.15, 0.2) is 0 Å². The standard InChI is InChI=1S/C30H33F/c1-3-5-7-9-24-11-13-25(14-12-24)15-16-26-17-19-27(20-18-26)29-22-21-28(30(31)23-29)10-8-6-4-2/h3-6,11-14,17-23H,7-10,15-16H2,1-2H3/b5-3+,6-4+. The van der Waals surface area contributed by atoms with E-state index in [1.807, 2.05) is 25.1 Å². The van der Waals surface area contributed by atoms with Gasteiger partial charge in [-0.25, -0.2) is 4.39 Å². The van der Waals surface area contributed by atoms with E-state index in [1.165, 1.54) is 16.7 Å². The predicted octanol–water partition coefficient (Wildman–Crippen LogP) is 8.30. The highest BCUT2D eigenvalue weighted by atomic mass is 19.1.